The van der Waals surface area contributed by atoms with Crippen molar-refractivity contribution in [1.29, 1.82) is 0 Å². The molecule has 9 atom stereocenters. The first-order valence-corrected chi connectivity index (χ1v) is 18.5. The van der Waals surface area contributed by atoms with Crippen LogP contribution < -0.4 is 16.4 Å². The topological polar surface area (TPSA) is 312 Å². The van der Waals surface area contributed by atoms with Crippen molar-refractivity contribution < 1.29 is 67.8 Å². The van der Waals surface area contributed by atoms with Crippen LogP contribution in [0.3, 0.4) is 0 Å². The van der Waals surface area contributed by atoms with Crippen LogP contribution in [0.25, 0.3) is 11.2 Å². The Hall–Kier alpha value is -2.92. The third-order valence-electron chi connectivity index (χ3n) is 9.10. The summed E-state index contributed by atoms with van der Waals surface area (Å²) in [6, 6.07) is -1.36. The second-order valence-electron chi connectivity index (χ2n) is 12.8. The number of anilines is 1. The number of imidazole rings is 1. The summed E-state index contributed by atoms with van der Waals surface area (Å²) in [4.78, 5) is 54.5. The summed E-state index contributed by atoms with van der Waals surface area (Å²) in [5, 5.41) is 46.5. The number of unbranched alkanes of at least 4 members (excludes halogenated alkanes) is 1. The average molecular weight is 764 g/mol. The van der Waals surface area contributed by atoms with Crippen LogP contribution in [0.5, 0.6) is 0 Å². The van der Waals surface area contributed by atoms with E-state index in [1.165, 1.54) is 19.6 Å². The lowest BCUT2D eigenvalue weighted by Gasteiger charge is -2.42. The standard InChI is InChI=1S/C30H50N7O14P/c1-17(39)36-23-21(11-18(12-38)25(41)27(23)43)49-6-3-2-4-22(40)32-5-7-47-8-9-48-16-50-28-20(10-19(26(28)42)13-51-52(44,45)46)37-15-35-24-29(31)33-14-34-30(24)37/h14-15,18-21,23,25-28,38,41-43H,2-13,16H2,1H3,(H,32,40)(H,36,39)(H2,31,33,34)(H2,44,45,46)/t18-,19+,20+,21-,23+,25+,26+,27-,28-/m0/s1. The van der Waals surface area contributed by atoms with E-state index in [0.29, 0.717) is 24.0 Å². The summed E-state index contributed by atoms with van der Waals surface area (Å²) in [7, 11) is -4.76. The number of aliphatic hydroxyl groups is 4. The van der Waals surface area contributed by atoms with Gasteiger partial charge in [0.2, 0.25) is 11.8 Å². The molecule has 2 aliphatic rings. The summed E-state index contributed by atoms with van der Waals surface area (Å²) in [6.45, 7) is 1.45. The molecule has 22 heteroatoms. The van der Waals surface area contributed by atoms with Gasteiger partial charge in [-0.1, -0.05) is 0 Å². The maximum atomic E-state index is 12.2. The largest absolute Gasteiger partial charge is 0.469 e. The molecule has 0 saturated heterocycles. The van der Waals surface area contributed by atoms with Gasteiger partial charge in [0.15, 0.2) is 11.5 Å². The van der Waals surface area contributed by atoms with Crippen molar-refractivity contribution in [3.63, 3.8) is 0 Å². The minimum absolute atomic E-state index is 0.142. The van der Waals surface area contributed by atoms with E-state index in [2.05, 4.69) is 30.1 Å². The maximum Gasteiger partial charge on any atom is 0.469 e. The van der Waals surface area contributed by atoms with Gasteiger partial charge in [-0.15, -0.1) is 0 Å². The van der Waals surface area contributed by atoms with Gasteiger partial charge in [0.25, 0.3) is 0 Å². The molecule has 2 fully saturated rings. The molecule has 2 heterocycles. The Morgan fingerprint density at radius 1 is 0.981 bits per heavy atom. The molecule has 0 aliphatic heterocycles. The fourth-order valence-corrected chi connectivity index (χ4v) is 6.86. The molecule has 0 spiro atoms. The maximum absolute atomic E-state index is 12.2. The number of carbonyl (C=O) groups excluding carboxylic acids is 2. The second kappa shape index (κ2) is 20.0. The van der Waals surface area contributed by atoms with Gasteiger partial charge < -0.3 is 70.1 Å². The summed E-state index contributed by atoms with van der Waals surface area (Å²) < 4.78 is 40.3. The number of amides is 2. The monoisotopic (exact) mass is 763 g/mol. The Balaban J connectivity index is 1.09. The van der Waals surface area contributed by atoms with Crippen molar-refractivity contribution in [3.05, 3.63) is 12.7 Å². The molecular formula is C30H50N7O14P. The highest BCUT2D eigenvalue weighted by atomic mass is 31.2. The molecule has 294 valence electrons. The van der Waals surface area contributed by atoms with Crippen LogP contribution in [0.2, 0.25) is 0 Å². The van der Waals surface area contributed by atoms with Gasteiger partial charge in [-0.3, -0.25) is 14.1 Å². The van der Waals surface area contributed by atoms with E-state index in [1.54, 1.807) is 4.57 Å². The molecule has 2 aromatic rings. The molecule has 2 amide bonds. The zero-order valence-electron chi connectivity index (χ0n) is 28.8. The number of aromatic nitrogens is 4. The van der Waals surface area contributed by atoms with E-state index in [-0.39, 0.29) is 83.3 Å². The zero-order valence-corrected chi connectivity index (χ0v) is 29.7. The number of carbonyl (C=O) groups is 2. The van der Waals surface area contributed by atoms with Crippen molar-refractivity contribution in [2.24, 2.45) is 11.8 Å². The normalized spacial score (nSPS) is 27.9. The van der Waals surface area contributed by atoms with Gasteiger partial charge >= 0.3 is 7.82 Å². The second-order valence-corrected chi connectivity index (χ2v) is 14.0. The van der Waals surface area contributed by atoms with Crippen molar-refractivity contribution in [2.45, 2.75) is 81.6 Å². The number of aliphatic hydroxyl groups excluding tert-OH is 4. The van der Waals surface area contributed by atoms with Crippen LogP contribution in [-0.2, 0) is 37.6 Å². The van der Waals surface area contributed by atoms with E-state index in [4.69, 9.17) is 34.5 Å². The van der Waals surface area contributed by atoms with Crippen LogP contribution in [0.15, 0.2) is 12.7 Å². The van der Waals surface area contributed by atoms with E-state index in [9.17, 15) is 34.6 Å². The summed E-state index contributed by atoms with van der Waals surface area (Å²) >= 11 is 0. The number of rotatable bonds is 21. The Morgan fingerprint density at radius 3 is 2.48 bits per heavy atom. The Kier molecular flexibility index (Phi) is 16.1. The van der Waals surface area contributed by atoms with E-state index in [0.717, 1.165) is 0 Å². The van der Waals surface area contributed by atoms with Gasteiger partial charge in [0.05, 0.1) is 63.2 Å². The van der Waals surface area contributed by atoms with Crippen LogP contribution >= 0.6 is 7.82 Å². The van der Waals surface area contributed by atoms with Gasteiger partial charge in [-0.25, -0.2) is 19.5 Å². The number of phosphoric acid groups is 1. The molecule has 0 bridgehead atoms. The van der Waals surface area contributed by atoms with Gasteiger partial charge in [0, 0.05) is 44.9 Å². The predicted molar refractivity (Wildman–Crippen MR) is 179 cm³/mol. The third-order valence-corrected chi connectivity index (χ3v) is 9.59. The number of nitrogens with two attached hydrogens (primary N) is 1. The fraction of sp³-hybridized carbons (Fsp3) is 0.767. The highest BCUT2D eigenvalue weighted by Gasteiger charge is 2.46. The van der Waals surface area contributed by atoms with E-state index in [1.807, 2.05) is 0 Å². The molecule has 0 radical (unpaired) electrons. The summed E-state index contributed by atoms with van der Waals surface area (Å²) in [5.41, 5.74) is 6.67. The Morgan fingerprint density at radius 2 is 1.75 bits per heavy atom. The number of hydrogen-bond donors (Lipinski definition) is 9. The lowest BCUT2D eigenvalue weighted by atomic mass is 9.79. The average Bonchev–Trinajstić information content (AvgIpc) is 3.66. The van der Waals surface area contributed by atoms with Crippen molar-refractivity contribution in [1.82, 2.24) is 30.2 Å². The van der Waals surface area contributed by atoms with Gasteiger partial charge in [0.1, 0.15) is 30.8 Å². The molecule has 0 aromatic carbocycles. The number of ether oxygens (including phenoxy) is 4. The highest BCUT2D eigenvalue weighted by molar-refractivity contribution is 7.46. The first-order chi connectivity index (χ1) is 24.8. The molecule has 2 aromatic heterocycles. The number of fused-ring (bicyclic) bond motifs is 1. The predicted octanol–water partition coefficient (Wildman–Crippen LogP) is -2.27. The molecule has 0 unspecified atom stereocenters. The lowest BCUT2D eigenvalue weighted by molar-refractivity contribution is -0.142. The molecule has 2 saturated carbocycles. The quantitative estimate of drug-likeness (QED) is 0.0368. The first kappa shape index (κ1) is 41.8. The molecule has 52 heavy (non-hydrogen) atoms. The third kappa shape index (κ3) is 11.8. The highest BCUT2D eigenvalue weighted by Crippen LogP contribution is 2.43. The zero-order chi connectivity index (χ0) is 37.8. The number of phosphoric ester groups is 1. The molecular weight excluding hydrogens is 713 g/mol. The van der Waals surface area contributed by atoms with Crippen molar-refractivity contribution >= 4 is 36.6 Å². The van der Waals surface area contributed by atoms with Gasteiger partial charge in [-0.2, -0.15) is 0 Å². The smallest absolute Gasteiger partial charge is 0.396 e. The van der Waals surface area contributed by atoms with E-state index >= 15 is 0 Å². The number of hydrogen-bond acceptors (Lipinski definition) is 16. The molecule has 4 rings (SSSR count). The Bertz CT molecular complexity index is 1480. The number of nitrogen functional groups attached to an aromatic ring is 1. The first-order valence-electron chi connectivity index (χ1n) is 17.0. The summed E-state index contributed by atoms with van der Waals surface area (Å²) in [6.07, 6.45) is -0.518. The van der Waals surface area contributed by atoms with Crippen LogP contribution in [0.1, 0.15) is 45.1 Å². The minimum atomic E-state index is -4.76. The lowest BCUT2D eigenvalue weighted by Crippen LogP contribution is -2.61. The SMILES string of the molecule is CC(=O)N[C@H]1[C@H](O)[C@H](O)[C@H](CO)C[C@@H]1OCCCCC(=O)NCCOCCOCO[C@@H]1[C@H](O)[C@@H](COP(=O)(O)O)C[C@H]1n1cnc2c(N)ncnc21. The fourth-order valence-electron chi connectivity index (χ4n) is 6.48. The van der Waals surface area contributed by atoms with Crippen molar-refractivity contribution in [3.8, 4) is 0 Å². The molecule has 2 aliphatic carbocycles. The molecule has 10 N–H and O–H groups in total. The van der Waals surface area contributed by atoms with Crippen molar-refractivity contribution in [2.75, 3.05) is 58.7 Å². The minimum Gasteiger partial charge on any atom is -0.396 e. The molecule has 21 nitrogen and oxygen atoms in total. The summed E-state index contributed by atoms with van der Waals surface area (Å²) in [5.74, 6) is -1.63. The number of nitrogens with one attached hydrogen (secondary N) is 2. The van der Waals surface area contributed by atoms with Crippen LogP contribution in [0.4, 0.5) is 5.82 Å². The Labute approximate surface area is 299 Å². The van der Waals surface area contributed by atoms with Gasteiger partial charge in [-0.05, 0) is 25.7 Å². The number of nitrogens with zero attached hydrogens (tertiary/aromatic N) is 4. The van der Waals surface area contributed by atoms with Crippen LogP contribution in [-0.4, -0.2) is 151 Å². The van der Waals surface area contributed by atoms with Crippen LogP contribution in [0, 0.1) is 11.8 Å². The van der Waals surface area contributed by atoms with E-state index < -0.39 is 68.9 Å².